The zero-order chi connectivity index (χ0) is 13.8. The first kappa shape index (κ1) is 14.7. The van der Waals surface area contributed by atoms with Crippen LogP contribution >= 0.6 is 27.5 Å². The van der Waals surface area contributed by atoms with Gasteiger partial charge in [-0.3, -0.25) is 4.79 Å². The van der Waals surface area contributed by atoms with Crippen molar-refractivity contribution in [2.75, 3.05) is 26.1 Å². The van der Waals surface area contributed by atoms with Crippen LogP contribution in [0.3, 0.4) is 0 Å². The smallest absolute Gasteiger partial charge is 0.257 e. The van der Waals surface area contributed by atoms with Crippen LogP contribution in [0.2, 0.25) is 0 Å². The Labute approximate surface area is 127 Å². The average Bonchev–Trinajstić information content (AvgIpc) is 2.46. The summed E-state index contributed by atoms with van der Waals surface area (Å²) in [4.78, 5) is 14.4. The van der Waals surface area contributed by atoms with Gasteiger partial charge in [-0.05, 0) is 37.0 Å². The maximum Gasteiger partial charge on any atom is 0.257 e. The molecule has 19 heavy (non-hydrogen) atoms. The number of hydrogen-bond donors (Lipinski definition) is 0. The van der Waals surface area contributed by atoms with E-state index in [0.717, 1.165) is 30.4 Å². The van der Waals surface area contributed by atoms with Gasteiger partial charge >= 0.3 is 0 Å². The molecule has 5 heteroatoms. The highest BCUT2D eigenvalue weighted by Crippen LogP contribution is 2.26. The van der Waals surface area contributed by atoms with Crippen LogP contribution < -0.4 is 4.74 Å². The molecule has 1 aromatic rings. The molecule has 0 spiro atoms. The van der Waals surface area contributed by atoms with E-state index in [4.69, 9.17) is 16.3 Å². The number of alkyl halides is 1. The Bertz CT molecular complexity index is 467. The van der Waals surface area contributed by atoms with Gasteiger partial charge in [0, 0.05) is 23.4 Å². The van der Waals surface area contributed by atoms with Crippen molar-refractivity contribution in [2.45, 2.75) is 12.8 Å². The van der Waals surface area contributed by atoms with Gasteiger partial charge in [0.15, 0.2) is 0 Å². The van der Waals surface area contributed by atoms with Crippen LogP contribution in [0, 0.1) is 5.92 Å². The summed E-state index contributed by atoms with van der Waals surface area (Å²) in [6.45, 7) is 1.53. The predicted octanol–water partition coefficient (Wildman–Crippen LogP) is 3.55. The monoisotopic (exact) mass is 345 g/mol. The molecule has 1 heterocycles. The molecule has 1 aliphatic heterocycles. The molecule has 2 rings (SSSR count). The van der Waals surface area contributed by atoms with Crippen molar-refractivity contribution >= 4 is 33.4 Å². The minimum absolute atomic E-state index is 0.0270. The molecule has 0 bridgehead atoms. The van der Waals surface area contributed by atoms with E-state index >= 15 is 0 Å². The summed E-state index contributed by atoms with van der Waals surface area (Å²) < 4.78 is 6.19. The molecule has 1 aromatic carbocycles. The first-order chi connectivity index (χ1) is 9.15. The Balaban J connectivity index is 2.19. The van der Waals surface area contributed by atoms with Crippen molar-refractivity contribution < 1.29 is 9.53 Å². The number of piperidine rings is 1. The van der Waals surface area contributed by atoms with Gasteiger partial charge in [0.1, 0.15) is 5.75 Å². The van der Waals surface area contributed by atoms with Gasteiger partial charge in [-0.1, -0.05) is 15.9 Å². The van der Waals surface area contributed by atoms with E-state index in [0.29, 0.717) is 23.1 Å². The number of ether oxygens (including phenoxy) is 1. The van der Waals surface area contributed by atoms with Crippen LogP contribution in [0.15, 0.2) is 22.7 Å². The number of carbonyl (C=O) groups excluding carboxylic acids is 1. The van der Waals surface area contributed by atoms with Crippen molar-refractivity contribution in [1.82, 2.24) is 4.90 Å². The van der Waals surface area contributed by atoms with Crippen LogP contribution in [-0.4, -0.2) is 36.9 Å². The highest BCUT2D eigenvalue weighted by molar-refractivity contribution is 9.10. The van der Waals surface area contributed by atoms with Gasteiger partial charge in [-0.25, -0.2) is 0 Å². The standard InChI is InChI=1S/C14H17BrClNO2/c1-19-13-7-11(15)4-5-12(13)14(18)17-6-2-3-10(8-16)9-17/h4-5,7,10H,2-3,6,8-9H2,1H3. The number of hydrogen-bond acceptors (Lipinski definition) is 2. The number of methoxy groups -OCH3 is 1. The van der Waals surface area contributed by atoms with Crippen molar-refractivity contribution in [3.8, 4) is 5.75 Å². The van der Waals surface area contributed by atoms with Gasteiger partial charge < -0.3 is 9.64 Å². The SMILES string of the molecule is COc1cc(Br)ccc1C(=O)N1CCCC(CCl)C1. The minimum atomic E-state index is 0.0270. The summed E-state index contributed by atoms with van der Waals surface area (Å²) in [5.41, 5.74) is 0.612. The Morgan fingerprint density at radius 1 is 1.58 bits per heavy atom. The lowest BCUT2D eigenvalue weighted by molar-refractivity contribution is 0.0681. The van der Waals surface area contributed by atoms with Crippen molar-refractivity contribution in [3.05, 3.63) is 28.2 Å². The van der Waals surface area contributed by atoms with Gasteiger partial charge in [0.05, 0.1) is 12.7 Å². The third-order valence-corrected chi connectivity index (χ3v) is 4.35. The van der Waals surface area contributed by atoms with Crippen LogP contribution in [0.25, 0.3) is 0 Å². The highest BCUT2D eigenvalue weighted by Gasteiger charge is 2.25. The van der Waals surface area contributed by atoms with E-state index < -0.39 is 0 Å². The Kier molecular flexibility index (Phi) is 5.11. The summed E-state index contributed by atoms with van der Waals surface area (Å²) in [7, 11) is 1.58. The van der Waals surface area contributed by atoms with E-state index in [1.54, 1.807) is 13.2 Å². The van der Waals surface area contributed by atoms with E-state index in [9.17, 15) is 4.79 Å². The number of benzene rings is 1. The molecule has 1 unspecified atom stereocenters. The second-order valence-corrected chi connectivity index (χ2v) is 5.98. The number of rotatable bonds is 3. The van der Waals surface area contributed by atoms with Crippen molar-refractivity contribution in [3.63, 3.8) is 0 Å². The quantitative estimate of drug-likeness (QED) is 0.783. The molecule has 104 valence electrons. The molecule has 3 nitrogen and oxygen atoms in total. The summed E-state index contributed by atoms with van der Waals surface area (Å²) >= 11 is 9.29. The van der Waals surface area contributed by atoms with Crippen LogP contribution in [0.1, 0.15) is 23.2 Å². The number of carbonyl (C=O) groups is 1. The zero-order valence-corrected chi connectivity index (χ0v) is 13.2. The number of nitrogens with zero attached hydrogens (tertiary/aromatic N) is 1. The molecular weight excluding hydrogens is 330 g/mol. The summed E-state index contributed by atoms with van der Waals surface area (Å²) in [5.74, 6) is 1.65. The van der Waals surface area contributed by atoms with Gasteiger partial charge in [-0.2, -0.15) is 0 Å². The topological polar surface area (TPSA) is 29.5 Å². The molecular formula is C14H17BrClNO2. The van der Waals surface area contributed by atoms with Crippen LogP contribution in [0.5, 0.6) is 5.75 Å². The third kappa shape index (κ3) is 3.42. The normalized spacial score (nSPS) is 19.3. The van der Waals surface area contributed by atoms with E-state index in [1.165, 1.54) is 0 Å². The second-order valence-electron chi connectivity index (χ2n) is 4.76. The third-order valence-electron chi connectivity index (χ3n) is 3.42. The Morgan fingerprint density at radius 2 is 2.37 bits per heavy atom. The Morgan fingerprint density at radius 3 is 3.05 bits per heavy atom. The zero-order valence-electron chi connectivity index (χ0n) is 10.9. The lowest BCUT2D eigenvalue weighted by atomic mass is 9.99. The van der Waals surface area contributed by atoms with Crippen LogP contribution in [-0.2, 0) is 0 Å². The van der Waals surface area contributed by atoms with Crippen molar-refractivity contribution in [2.24, 2.45) is 5.92 Å². The van der Waals surface area contributed by atoms with E-state index in [2.05, 4.69) is 15.9 Å². The first-order valence-electron chi connectivity index (χ1n) is 6.34. The summed E-state index contributed by atoms with van der Waals surface area (Å²) in [6.07, 6.45) is 2.12. The molecule has 0 radical (unpaired) electrons. The predicted molar refractivity (Wildman–Crippen MR) is 80.0 cm³/mol. The molecule has 0 saturated carbocycles. The fraction of sp³-hybridized carbons (Fsp3) is 0.500. The van der Waals surface area contributed by atoms with Gasteiger partial charge in [-0.15, -0.1) is 11.6 Å². The number of amides is 1. The Hall–Kier alpha value is -0.740. The molecule has 1 saturated heterocycles. The van der Waals surface area contributed by atoms with Gasteiger partial charge in [0.2, 0.25) is 0 Å². The molecule has 1 amide bonds. The van der Waals surface area contributed by atoms with Crippen molar-refractivity contribution in [1.29, 1.82) is 0 Å². The molecule has 1 aliphatic rings. The van der Waals surface area contributed by atoms with E-state index in [-0.39, 0.29) is 5.91 Å². The largest absolute Gasteiger partial charge is 0.496 e. The second kappa shape index (κ2) is 6.62. The molecule has 0 N–H and O–H groups in total. The van der Waals surface area contributed by atoms with Gasteiger partial charge in [0.25, 0.3) is 5.91 Å². The molecule has 0 aromatic heterocycles. The van der Waals surface area contributed by atoms with Crippen LogP contribution in [0.4, 0.5) is 0 Å². The lowest BCUT2D eigenvalue weighted by Gasteiger charge is -2.32. The average molecular weight is 347 g/mol. The number of likely N-dealkylation sites (tertiary alicyclic amines) is 1. The highest BCUT2D eigenvalue weighted by atomic mass is 79.9. The fourth-order valence-electron chi connectivity index (χ4n) is 2.39. The van der Waals surface area contributed by atoms with E-state index in [1.807, 2.05) is 17.0 Å². The fourth-order valence-corrected chi connectivity index (χ4v) is 2.98. The maximum atomic E-state index is 12.5. The lowest BCUT2D eigenvalue weighted by Crippen LogP contribution is -2.40. The maximum absolute atomic E-state index is 12.5. The molecule has 0 aliphatic carbocycles. The minimum Gasteiger partial charge on any atom is -0.496 e. The summed E-state index contributed by atoms with van der Waals surface area (Å²) in [6, 6.07) is 5.48. The molecule has 1 atom stereocenters. The number of halogens is 2. The first-order valence-corrected chi connectivity index (χ1v) is 7.67. The molecule has 1 fully saturated rings. The summed E-state index contributed by atoms with van der Waals surface area (Å²) in [5, 5.41) is 0.